The first-order chi connectivity index (χ1) is 12.1. The van der Waals surface area contributed by atoms with Crippen LogP contribution in [-0.2, 0) is 0 Å². The van der Waals surface area contributed by atoms with E-state index in [1.54, 1.807) is 0 Å². The van der Waals surface area contributed by atoms with Gasteiger partial charge in [-0.1, -0.05) is 54.1 Å². The van der Waals surface area contributed by atoms with Crippen molar-refractivity contribution in [1.29, 1.82) is 0 Å². The van der Waals surface area contributed by atoms with Gasteiger partial charge in [0.25, 0.3) is 0 Å². The van der Waals surface area contributed by atoms with Gasteiger partial charge in [-0.3, -0.25) is 4.40 Å². The average molecular weight is 352 g/mol. The third kappa shape index (κ3) is 2.88. The van der Waals surface area contributed by atoms with Crippen LogP contribution >= 0.6 is 11.6 Å². The van der Waals surface area contributed by atoms with Crippen LogP contribution < -0.4 is 0 Å². The van der Waals surface area contributed by atoms with E-state index in [2.05, 4.69) is 16.3 Å². The zero-order valence-electron chi connectivity index (χ0n) is 13.8. The van der Waals surface area contributed by atoms with E-state index in [9.17, 15) is 5.11 Å². The van der Waals surface area contributed by atoms with Crippen molar-refractivity contribution < 1.29 is 5.11 Å². The molecular weight excluding hydrogens is 334 g/mol. The number of hydrogen-bond donors (Lipinski definition) is 1. The zero-order valence-corrected chi connectivity index (χ0v) is 14.6. The highest BCUT2D eigenvalue weighted by molar-refractivity contribution is 6.30. The third-order valence-corrected chi connectivity index (χ3v) is 5.05. The second kappa shape index (κ2) is 6.47. The van der Waals surface area contributed by atoms with Gasteiger partial charge in [-0.05, 0) is 36.6 Å². The van der Waals surface area contributed by atoms with Gasteiger partial charge < -0.3 is 5.11 Å². The normalized spacial score (nSPS) is 18.4. The first-order valence-corrected chi connectivity index (χ1v) is 8.63. The summed E-state index contributed by atoms with van der Waals surface area (Å²) in [6.45, 7) is 2.00. The molecule has 1 aromatic carbocycles. The average Bonchev–Trinajstić information content (AvgIpc) is 3.05. The number of aliphatic hydroxyl groups excluding tert-OH is 1. The molecular formula is C20H18ClN3O. The number of rotatable bonds is 3. The van der Waals surface area contributed by atoms with Crippen LogP contribution in [0.2, 0.25) is 0 Å². The molecule has 0 fully saturated rings. The quantitative estimate of drug-likeness (QED) is 0.766. The van der Waals surface area contributed by atoms with Gasteiger partial charge in [0.15, 0.2) is 5.65 Å². The second-order valence-corrected chi connectivity index (χ2v) is 6.71. The minimum Gasteiger partial charge on any atom is -0.384 e. The minimum absolute atomic E-state index is 0.00693. The summed E-state index contributed by atoms with van der Waals surface area (Å²) in [4.78, 5) is 0. The predicted octanol–water partition coefficient (Wildman–Crippen LogP) is 4.29. The standard InChI is InChI=1S/C20H18ClN3O/c1-13-6-2-3-7-15(13)19(25)14-10-11-18-22-23-20(24(18)12-14)16-8-4-5-9-17(16)21/h2-7,9-12,16,19,25H,8H2,1H3. The Morgan fingerprint density at radius 1 is 1.20 bits per heavy atom. The molecule has 0 amide bonds. The Kier molecular flexibility index (Phi) is 4.15. The summed E-state index contributed by atoms with van der Waals surface area (Å²) in [6, 6.07) is 11.6. The summed E-state index contributed by atoms with van der Waals surface area (Å²) < 4.78 is 1.93. The molecule has 25 heavy (non-hydrogen) atoms. The van der Waals surface area contributed by atoms with Crippen molar-refractivity contribution in [3.8, 4) is 0 Å². The first-order valence-electron chi connectivity index (χ1n) is 8.25. The maximum Gasteiger partial charge on any atom is 0.160 e. The maximum atomic E-state index is 10.8. The Morgan fingerprint density at radius 3 is 2.84 bits per heavy atom. The van der Waals surface area contributed by atoms with E-state index in [0.717, 1.165) is 39.6 Å². The van der Waals surface area contributed by atoms with Crippen molar-refractivity contribution in [2.24, 2.45) is 0 Å². The third-order valence-electron chi connectivity index (χ3n) is 4.66. The van der Waals surface area contributed by atoms with Crippen molar-refractivity contribution >= 4 is 17.2 Å². The highest BCUT2D eigenvalue weighted by Crippen LogP contribution is 2.33. The van der Waals surface area contributed by atoms with Crippen LogP contribution in [0.3, 0.4) is 0 Å². The predicted molar refractivity (Wildman–Crippen MR) is 98.7 cm³/mol. The molecule has 0 radical (unpaired) electrons. The fraction of sp³-hybridized carbons (Fsp3) is 0.200. The Balaban J connectivity index is 1.77. The van der Waals surface area contributed by atoms with Crippen molar-refractivity contribution in [2.45, 2.75) is 25.4 Å². The number of aliphatic hydroxyl groups is 1. The van der Waals surface area contributed by atoms with Gasteiger partial charge in [-0.15, -0.1) is 10.2 Å². The van der Waals surface area contributed by atoms with Crippen LogP contribution in [0.4, 0.5) is 0 Å². The molecule has 1 aliphatic carbocycles. The van der Waals surface area contributed by atoms with Crippen LogP contribution in [0.1, 0.15) is 41.0 Å². The van der Waals surface area contributed by atoms with Crippen molar-refractivity contribution in [1.82, 2.24) is 14.6 Å². The molecule has 1 aliphatic rings. The molecule has 0 bridgehead atoms. The molecule has 4 nitrogen and oxygen atoms in total. The molecule has 5 heteroatoms. The van der Waals surface area contributed by atoms with Crippen LogP contribution in [0.5, 0.6) is 0 Å². The van der Waals surface area contributed by atoms with Gasteiger partial charge in [0, 0.05) is 16.8 Å². The van der Waals surface area contributed by atoms with Gasteiger partial charge >= 0.3 is 0 Å². The molecule has 1 N–H and O–H groups in total. The monoisotopic (exact) mass is 351 g/mol. The summed E-state index contributed by atoms with van der Waals surface area (Å²) in [5.41, 5.74) is 3.50. The molecule has 4 rings (SSSR count). The summed E-state index contributed by atoms with van der Waals surface area (Å²) >= 11 is 6.37. The number of fused-ring (bicyclic) bond motifs is 1. The van der Waals surface area contributed by atoms with E-state index in [0.29, 0.717) is 0 Å². The number of halogens is 1. The number of allylic oxidation sites excluding steroid dienone is 4. The number of aryl methyl sites for hydroxylation is 1. The topological polar surface area (TPSA) is 50.4 Å². The molecule has 0 saturated carbocycles. The van der Waals surface area contributed by atoms with Gasteiger partial charge in [0.2, 0.25) is 0 Å². The van der Waals surface area contributed by atoms with Crippen molar-refractivity contribution in [3.05, 3.63) is 88.4 Å². The number of hydrogen-bond acceptors (Lipinski definition) is 3. The fourth-order valence-electron chi connectivity index (χ4n) is 3.23. The number of nitrogens with zero attached hydrogens (tertiary/aromatic N) is 3. The zero-order chi connectivity index (χ0) is 17.4. The smallest absolute Gasteiger partial charge is 0.160 e. The van der Waals surface area contributed by atoms with Crippen molar-refractivity contribution in [3.63, 3.8) is 0 Å². The lowest BCUT2D eigenvalue weighted by Crippen LogP contribution is -2.08. The van der Waals surface area contributed by atoms with E-state index >= 15 is 0 Å². The van der Waals surface area contributed by atoms with Crippen LogP contribution in [0, 0.1) is 6.92 Å². The minimum atomic E-state index is -0.696. The Bertz CT molecular complexity index is 990. The molecule has 2 heterocycles. The van der Waals surface area contributed by atoms with Crippen molar-refractivity contribution in [2.75, 3.05) is 0 Å². The van der Waals surface area contributed by atoms with Crippen LogP contribution in [0.15, 0.2) is 65.9 Å². The summed E-state index contributed by atoms with van der Waals surface area (Å²) in [6.07, 6.45) is 7.92. The van der Waals surface area contributed by atoms with Gasteiger partial charge in [0.05, 0.1) is 5.92 Å². The lowest BCUT2D eigenvalue weighted by atomic mass is 9.98. The van der Waals surface area contributed by atoms with E-state index in [4.69, 9.17) is 11.6 Å². The van der Waals surface area contributed by atoms with Gasteiger partial charge in [-0.2, -0.15) is 0 Å². The highest BCUT2D eigenvalue weighted by atomic mass is 35.5. The highest BCUT2D eigenvalue weighted by Gasteiger charge is 2.22. The molecule has 2 unspecified atom stereocenters. The fourth-order valence-corrected chi connectivity index (χ4v) is 3.49. The lowest BCUT2D eigenvalue weighted by molar-refractivity contribution is 0.219. The van der Waals surface area contributed by atoms with Crippen LogP contribution in [0.25, 0.3) is 5.65 Å². The second-order valence-electron chi connectivity index (χ2n) is 6.28. The number of aromatic nitrogens is 3. The van der Waals surface area contributed by atoms with E-state index in [1.807, 2.05) is 66.1 Å². The molecule has 0 spiro atoms. The van der Waals surface area contributed by atoms with E-state index in [1.165, 1.54) is 0 Å². The van der Waals surface area contributed by atoms with Gasteiger partial charge in [0.1, 0.15) is 11.9 Å². The molecule has 0 aliphatic heterocycles. The Hall–Kier alpha value is -2.43. The Labute approximate surface area is 151 Å². The summed E-state index contributed by atoms with van der Waals surface area (Å²) in [5, 5.41) is 20.1. The molecule has 3 aromatic rings. The largest absolute Gasteiger partial charge is 0.384 e. The Morgan fingerprint density at radius 2 is 2.04 bits per heavy atom. The maximum absolute atomic E-state index is 10.8. The van der Waals surface area contributed by atoms with E-state index in [-0.39, 0.29) is 5.92 Å². The number of pyridine rings is 1. The summed E-state index contributed by atoms with van der Waals surface area (Å²) in [7, 11) is 0. The first kappa shape index (κ1) is 16.1. The van der Waals surface area contributed by atoms with Crippen LogP contribution in [-0.4, -0.2) is 19.7 Å². The molecule has 126 valence electrons. The molecule has 2 aromatic heterocycles. The summed E-state index contributed by atoms with van der Waals surface area (Å²) in [5.74, 6) is 0.784. The lowest BCUT2D eigenvalue weighted by Gasteiger charge is -2.17. The SMILES string of the molecule is Cc1ccccc1C(O)c1ccc2nnc(C3CC=CC=C3Cl)n2c1. The molecule has 2 atom stereocenters. The van der Waals surface area contributed by atoms with E-state index < -0.39 is 6.10 Å². The van der Waals surface area contributed by atoms with Gasteiger partial charge in [-0.25, -0.2) is 0 Å². The number of benzene rings is 1. The molecule has 0 saturated heterocycles.